The molecule has 0 amide bonds. The van der Waals surface area contributed by atoms with Crippen LogP contribution >= 0.6 is 0 Å². The van der Waals surface area contributed by atoms with Gasteiger partial charge in [-0.1, -0.05) is 6.42 Å². The Morgan fingerprint density at radius 2 is 1.57 bits per heavy atom. The van der Waals surface area contributed by atoms with Crippen molar-refractivity contribution in [2.24, 2.45) is 0 Å². The van der Waals surface area contributed by atoms with Gasteiger partial charge < -0.3 is 9.59 Å². The lowest BCUT2D eigenvalue weighted by Crippen LogP contribution is -2.48. The molecule has 0 aliphatic carbocycles. The largest absolute Gasteiger partial charge is 0.396 e. The molecule has 0 aromatic rings. The molecule has 1 aliphatic heterocycles. The van der Waals surface area contributed by atoms with Gasteiger partial charge in [0.25, 0.3) is 0 Å². The Labute approximate surface area is 88.5 Å². The van der Waals surface area contributed by atoms with E-state index in [1.165, 1.54) is 62.6 Å². The summed E-state index contributed by atoms with van der Waals surface area (Å²) < 4.78 is 1.30. The van der Waals surface area contributed by atoms with Crippen molar-refractivity contribution in [2.45, 2.75) is 44.9 Å². The Morgan fingerprint density at radius 3 is 2.21 bits per heavy atom. The molecule has 1 rings (SSSR count). The third kappa shape index (κ3) is 4.43. The number of likely N-dealkylation sites (tertiary alicyclic amines) is 1. The zero-order chi connectivity index (χ0) is 10.3. The van der Waals surface area contributed by atoms with Crippen LogP contribution in [-0.2, 0) is 0 Å². The van der Waals surface area contributed by atoms with Crippen molar-refractivity contribution in [3.05, 3.63) is 0 Å². The zero-order valence-corrected chi connectivity index (χ0v) is 9.67. The molecule has 0 spiro atoms. The maximum Gasteiger partial charge on any atom is 0.0784 e. The first kappa shape index (κ1) is 12.0. The molecule has 1 N–H and O–H groups in total. The highest BCUT2D eigenvalue weighted by Gasteiger charge is 2.23. The summed E-state index contributed by atoms with van der Waals surface area (Å²) >= 11 is 0. The molecule has 14 heavy (non-hydrogen) atoms. The van der Waals surface area contributed by atoms with E-state index in [2.05, 4.69) is 7.05 Å². The Kier molecular flexibility index (Phi) is 5.49. The van der Waals surface area contributed by atoms with Crippen LogP contribution in [0.5, 0.6) is 0 Å². The number of nitrogens with zero attached hydrogens (tertiary/aromatic N) is 1. The van der Waals surface area contributed by atoms with Crippen LogP contribution in [0.1, 0.15) is 44.9 Å². The molecular weight excluding hydrogens is 174 g/mol. The Morgan fingerprint density at radius 1 is 0.929 bits per heavy atom. The van der Waals surface area contributed by atoms with Gasteiger partial charge in [0.15, 0.2) is 0 Å². The first-order chi connectivity index (χ1) is 6.77. The van der Waals surface area contributed by atoms with Gasteiger partial charge in [0.1, 0.15) is 0 Å². The Hall–Kier alpha value is -0.0800. The molecular formula is C12H26NO+. The third-order valence-corrected chi connectivity index (χ3v) is 3.50. The van der Waals surface area contributed by atoms with Gasteiger partial charge in [0, 0.05) is 6.61 Å². The van der Waals surface area contributed by atoms with E-state index in [-0.39, 0.29) is 0 Å². The molecule has 1 saturated heterocycles. The average molecular weight is 200 g/mol. The highest BCUT2D eigenvalue weighted by atomic mass is 16.2. The van der Waals surface area contributed by atoms with Crippen LogP contribution in [0.2, 0.25) is 0 Å². The van der Waals surface area contributed by atoms with Crippen LogP contribution in [0.4, 0.5) is 0 Å². The van der Waals surface area contributed by atoms with E-state index in [9.17, 15) is 0 Å². The molecule has 0 radical (unpaired) electrons. The highest BCUT2D eigenvalue weighted by Crippen LogP contribution is 2.17. The van der Waals surface area contributed by atoms with Gasteiger partial charge in [-0.2, -0.15) is 0 Å². The second-order valence-electron chi connectivity index (χ2n) is 4.99. The fourth-order valence-corrected chi connectivity index (χ4v) is 2.46. The van der Waals surface area contributed by atoms with Crippen molar-refractivity contribution in [1.29, 1.82) is 0 Å². The molecule has 2 heteroatoms. The van der Waals surface area contributed by atoms with Gasteiger partial charge in [-0.15, -0.1) is 0 Å². The van der Waals surface area contributed by atoms with E-state index in [0.717, 1.165) is 6.42 Å². The summed E-state index contributed by atoms with van der Waals surface area (Å²) in [5.41, 5.74) is 0. The van der Waals surface area contributed by atoms with Gasteiger partial charge in [-0.25, -0.2) is 0 Å². The first-order valence-electron chi connectivity index (χ1n) is 6.21. The quantitative estimate of drug-likeness (QED) is 0.514. The lowest BCUT2D eigenvalue weighted by Gasteiger charge is -2.37. The summed E-state index contributed by atoms with van der Waals surface area (Å²) in [7, 11) is 2.41. The number of rotatable bonds is 6. The monoisotopic (exact) mass is 200 g/mol. The van der Waals surface area contributed by atoms with Crippen molar-refractivity contribution in [3.8, 4) is 0 Å². The molecule has 0 atom stereocenters. The Bertz CT molecular complexity index is 141. The third-order valence-electron chi connectivity index (χ3n) is 3.50. The summed E-state index contributed by atoms with van der Waals surface area (Å²) in [5, 5.41) is 8.66. The predicted molar refractivity (Wildman–Crippen MR) is 60.2 cm³/mol. The molecule has 0 bridgehead atoms. The maximum atomic E-state index is 8.66. The molecule has 0 saturated carbocycles. The summed E-state index contributed by atoms with van der Waals surface area (Å²) in [5.74, 6) is 0. The van der Waals surface area contributed by atoms with Crippen molar-refractivity contribution >= 4 is 0 Å². The summed E-state index contributed by atoms with van der Waals surface area (Å²) in [6.45, 7) is 4.50. The lowest BCUT2D eigenvalue weighted by molar-refractivity contribution is -0.914. The van der Waals surface area contributed by atoms with E-state index in [0.29, 0.717) is 6.61 Å². The highest BCUT2D eigenvalue weighted by molar-refractivity contribution is 4.52. The second kappa shape index (κ2) is 6.41. The molecule has 84 valence electrons. The smallest absolute Gasteiger partial charge is 0.0784 e. The minimum absolute atomic E-state index is 0.367. The molecule has 2 nitrogen and oxygen atoms in total. The van der Waals surface area contributed by atoms with Crippen molar-refractivity contribution in [1.82, 2.24) is 0 Å². The molecule has 0 aromatic heterocycles. The molecule has 0 aromatic carbocycles. The van der Waals surface area contributed by atoms with Crippen LogP contribution in [-0.4, -0.2) is 42.9 Å². The predicted octanol–water partition coefficient (Wildman–Crippen LogP) is 2.17. The second-order valence-corrected chi connectivity index (χ2v) is 4.99. The SMILES string of the molecule is C[N+]1(CCCCCCO)CCCCC1. The van der Waals surface area contributed by atoms with Crippen LogP contribution in [0, 0.1) is 0 Å². The van der Waals surface area contributed by atoms with Crippen LogP contribution in [0.25, 0.3) is 0 Å². The summed E-state index contributed by atoms with van der Waals surface area (Å²) in [6, 6.07) is 0. The minimum atomic E-state index is 0.367. The number of aliphatic hydroxyl groups excluding tert-OH is 1. The van der Waals surface area contributed by atoms with Crippen molar-refractivity contribution in [3.63, 3.8) is 0 Å². The molecule has 1 aliphatic rings. The molecule has 1 fully saturated rings. The zero-order valence-electron chi connectivity index (χ0n) is 9.67. The summed E-state index contributed by atoms with van der Waals surface area (Å²) in [4.78, 5) is 0. The van der Waals surface area contributed by atoms with Crippen LogP contribution in [0.15, 0.2) is 0 Å². The van der Waals surface area contributed by atoms with E-state index in [4.69, 9.17) is 5.11 Å². The lowest BCUT2D eigenvalue weighted by atomic mass is 10.1. The number of quaternary nitrogens is 1. The fourth-order valence-electron chi connectivity index (χ4n) is 2.46. The van der Waals surface area contributed by atoms with E-state index >= 15 is 0 Å². The average Bonchev–Trinajstić information content (AvgIpc) is 2.18. The van der Waals surface area contributed by atoms with Gasteiger partial charge in [-0.3, -0.25) is 0 Å². The van der Waals surface area contributed by atoms with Crippen LogP contribution in [0.3, 0.4) is 0 Å². The van der Waals surface area contributed by atoms with E-state index in [1.807, 2.05) is 0 Å². The first-order valence-corrected chi connectivity index (χ1v) is 6.21. The number of unbranched alkanes of at least 4 members (excludes halogenated alkanes) is 3. The minimum Gasteiger partial charge on any atom is -0.396 e. The van der Waals surface area contributed by atoms with Crippen LogP contribution < -0.4 is 0 Å². The van der Waals surface area contributed by atoms with Gasteiger partial charge in [0.2, 0.25) is 0 Å². The number of hydrogen-bond acceptors (Lipinski definition) is 1. The van der Waals surface area contributed by atoms with E-state index < -0.39 is 0 Å². The van der Waals surface area contributed by atoms with Crippen molar-refractivity contribution in [2.75, 3.05) is 33.3 Å². The van der Waals surface area contributed by atoms with Crippen molar-refractivity contribution < 1.29 is 9.59 Å². The number of piperidine rings is 1. The fraction of sp³-hybridized carbons (Fsp3) is 1.00. The van der Waals surface area contributed by atoms with Gasteiger partial charge in [-0.05, 0) is 38.5 Å². The standard InChI is InChI=1S/C12H26NO/c1-13(10-6-4-7-11-13)9-5-2-3-8-12-14/h14H,2-12H2,1H3/q+1. The number of hydrogen-bond donors (Lipinski definition) is 1. The van der Waals surface area contributed by atoms with Gasteiger partial charge >= 0.3 is 0 Å². The number of aliphatic hydroxyl groups is 1. The topological polar surface area (TPSA) is 20.2 Å². The Balaban J connectivity index is 2.03. The normalized spacial score (nSPS) is 21.0. The molecule has 0 unspecified atom stereocenters. The maximum absolute atomic E-state index is 8.66. The van der Waals surface area contributed by atoms with E-state index in [1.54, 1.807) is 0 Å². The summed E-state index contributed by atoms with van der Waals surface area (Å²) in [6.07, 6.45) is 9.13. The van der Waals surface area contributed by atoms with Gasteiger partial charge in [0.05, 0.1) is 26.7 Å². The molecule has 1 heterocycles.